The highest BCUT2D eigenvalue weighted by atomic mass is 32.2. The highest BCUT2D eigenvalue weighted by molar-refractivity contribution is 7.92. The molecule has 0 amide bonds. The topological polar surface area (TPSA) is 67.4 Å². The summed E-state index contributed by atoms with van der Waals surface area (Å²) in [6.07, 6.45) is 1.66. The molecule has 0 saturated heterocycles. The van der Waals surface area contributed by atoms with E-state index in [0.717, 1.165) is 23.5 Å². The van der Waals surface area contributed by atoms with E-state index in [9.17, 15) is 8.42 Å². The third-order valence-corrected chi connectivity index (χ3v) is 4.81. The SMILES string of the molecule is CCCCS(=O)(=O)Nc1ccc(Nc2ccc(OC(C)C)cc2)cc1. The predicted molar refractivity (Wildman–Crippen MR) is 104 cm³/mol. The Kier molecular flexibility index (Phi) is 6.70. The summed E-state index contributed by atoms with van der Waals surface area (Å²) < 4.78 is 32.0. The van der Waals surface area contributed by atoms with Crippen LogP contribution >= 0.6 is 0 Å². The highest BCUT2D eigenvalue weighted by Gasteiger charge is 2.09. The second-order valence-electron chi connectivity index (χ2n) is 6.17. The third kappa shape index (κ3) is 6.66. The molecule has 0 aliphatic carbocycles. The first-order chi connectivity index (χ1) is 11.9. The highest BCUT2D eigenvalue weighted by Crippen LogP contribution is 2.22. The van der Waals surface area contributed by atoms with Gasteiger partial charge in [0.1, 0.15) is 5.75 Å². The van der Waals surface area contributed by atoms with Crippen molar-refractivity contribution >= 4 is 27.1 Å². The first-order valence-corrected chi connectivity index (χ1v) is 10.2. The second kappa shape index (κ2) is 8.76. The van der Waals surface area contributed by atoms with Crippen LogP contribution in [0.4, 0.5) is 17.1 Å². The van der Waals surface area contributed by atoms with Crippen LogP contribution in [0.2, 0.25) is 0 Å². The van der Waals surface area contributed by atoms with Crippen molar-refractivity contribution in [3.05, 3.63) is 48.5 Å². The molecule has 0 heterocycles. The maximum atomic E-state index is 11.9. The minimum absolute atomic E-state index is 0.146. The van der Waals surface area contributed by atoms with Crippen molar-refractivity contribution in [3.8, 4) is 5.75 Å². The quantitative estimate of drug-likeness (QED) is 0.675. The lowest BCUT2D eigenvalue weighted by molar-refractivity contribution is 0.242. The largest absolute Gasteiger partial charge is 0.491 e. The van der Waals surface area contributed by atoms with Gasteiger partial charge in [-0.15, -0.1) is 0 Å². The molecular weight excluding hydrogens is 336 g/mol. The molecule has 6 heteroatoms. The number of anilines is 3. The molecule has 5 nitrogen and oxygen atoms in total. The van der Waals surface area contributed by atoms with Crippen molar-refractivity contribution in [3.63, 3.8) is 0 Å². The lowest BCUT2D eigenvalue weighted by Crippen LogP contribution is -2.16. The molecule has 25 heavy (non-hydrogen) atoms. The fraction of sp³-hybridized carbons (Fsp3) is 0.368. The zero-order valence-corrected chi connectivity index (χ0v) is 15.8. The molecule has 0 bridgehead atoms. The first-order valence-electron chi connectivity index (χ1n) is 8.52. The van der Waals surface area contributed by atoms with Gasteiger partial charge in [-0.25, -0.2) is 8.42 Å². The fourth-order valence-electron chi connectivity index (χ4n) is 2.24. The van der Waals surface area contributed by atoms with E-state index in [1.165, 1.54) is 0 Å². The summed E-state index contributed by atoms with van der Waals surface area (Å²) in [5.74, 6) is 0.978. The van der Waals surface area contributed by atoms with Crippen molar-refractivity contribution in [2.45, 2.75) is 39.7 Å². The number of hydrogen-bond donors (Lipinski definition) is 2. The lowest BCUT2D eigenvalue weighted by atomic mass is 10.2. The van der Waals surface area contributed by atoms with Gasteiger partial charge in [0, 0.05) is 17.1 Å². The Morgan fingerprint density at radius 2 is 1.44 bits per heavy atom. The Hall–Kier alpha value is -2.21. The Bertz CT molecular complexity index is 754. The van der Waals surface area contributed by atoms with Crippen LogP contribution in [-0.4, -0.2) is 20.3 Å². The zero-order valence-electron chi connectivity index (χ0n) is 15.0. The van der Waals surface area contributed by atoms with Gasteiger partial charge in [-0.1, -0.05) is 13.3 Å². The molecular formula is C19H26N2O3S. The molecule has 0 fully saturated rings. The van der Waals surface area contributed by atoms with Gasteiger partial charge in [-0.05, 0) is 68.8 Å². The van der Waals surface area contributed by atoms with E-state index in [0.29, 0.717) is 12.1 Å². The summed E-state index contributed by atoms with van der Waals surface area (Å²) in [6.45, 7) is 5.95. The third-order valence-electron chi connectivity index (χ3n) is 3.44. The maximum absolute atomic E-state index is 11.9. The molecule has 0 atom stereocenters. The Balaban J connectivity index is 1.96. The van der Waals surface area contributed by atoms with Crippen LogP contribution in [0.1, 0.15) is 33.6 Å². The lowest BCUT2D eigenvalue weighted by Gasteiger charge is -2.12. The molecule has 0 unspecified atom stereocenters. The number of ether oxygens (including phenoxy) is 1. The number of unbranched alkanes of at least 4 members (excludes halogenated alkanes) is 1. The van der Waals surface area contributed by atoms with Gasteiger partial charge in [0.15, 0.2) is 0 Å². The second-order valence-corrected chi connectivity index (χ2v) is 8.01. The fourth-order valence-corrected chi connectivity index (χ4v) is 3.51. The van der Waals surface area contributed by atoms with E-state index in [-0.39, 0.29) is 11.9 Å². The van der Waals surface area contributed by atoms with E-state index >= 15 is 0 Å². The Morgan fingerprint density at radius 3 is 1.96 bits per heavy atom. The van der Waals surface area contributed by atoms with Gasteiger partial charge in [-0.2, -0.15) is 0 Å². The number of benzene rings is 2. The zero-order chi connectivity index (χ0) is 18.3. The van der Waals surface area contributed by atoms with Gasteiger partial charge in [-0.3, -0.25) is 4.72 Å². The number of nitrogens with one attached hydrogen (secondary N) is 2. The number of rotatable bonds is 9. The van der Waals surface area contributed by atoms with Gasteiger partial charge < -0.3 is 10.1 Å². The minimum atomic E-state index is -3.27. The van der Waals surface area contributed by atoms with Crippen molar-refractivity contribution < 1.29 is 13.2 Å². The summed E-state index contributed by atoms with van der Waals surface area (Å²) >= 11 is 0. The van der Waals surface area contributed by atoms with E-state index in [1.54, 1.807) is 12.1 Å². The number of sulfonamides is 1. The van der Waals surface area contributed by atoms with Crippen molar-refractivity contribution in [1.29, 1.82) is 0 Å². The standard InChI is InChI=1S/C19H26N2O3S/c1-4-5-14-25(22,23)21-18-8-6-16(7-9-18)20-17-10-12-19(13-11-17)24-15(2)3/h6-13,15,20-21H,4-5,14H2,1-3H3. The number of hydrogen-bond acceptors (Lipinski definition) is 4. The van der Waals surface area contributed by atoms with Crippen molar-refractivity contribution in [2.75, 3.05) is 15.8 Å². The molecule has 2 rings (SSSR count). The summed E-state index contributed by atoms with van der Waals surface area (Å²) in [5.41, 5.74) is 2.39. The van der Waals surface area contributed by atoms with E-state index in [1.807, 2.05) is 57.2 Å². The van der Waals surface area contributed by atoms with Gasteiger partial charge in [0.2, 0.25) is 10.0 Å². The maximum Gasteiger partial charge on any atom is 0.232 e. The molecule has 0 aliphatic rings. The molecule has 0 spiro atoms. The van der Waals surface area contributed by atoms with Crippen LogP contribution in [0.3, 0.4) is 0 Å². The van der Waals surface area contributed by atoms with Gasteiger partial charge in [0.25, 0.3) is 0 Å². The molecule has 0 saturated carbocycles. The average Bonchev–Trinajstić information content (AvgIpc) is 2.56. The minimum Gasteiger partial charge on any atom is -0.491 e. The molecule has 2 aromatic carbocycles. The molecule has 2 aromatic rings. The Morgan fingerprint density at radius 1 is 0.920 bits per heavy atom. The molecule has 136 valence electrons. The van der Waals surface area contributed by atoms with E-state index < -0.39 is 10.0 Å². The summed E-state index contributed by atoms with van der Waals surface area (Å²) in [5, 5.41) is 3.28. The molecule has 0 radical (unpaired) electrons. The normalized spacial score (nSPS) is 11.4. The first kappa shape index (κ1) is 19.1. The van der Waals surface area contributed by atoms with Crippen LogP contribution < -0.4 is 14.8 Å². The van der Waals surface area contributed by atoms with E-state index in [4.69, 9.17) is 4.74 Å². The Labute approximate surface area is 150 Å². The molecule has 0 aliphatic heterocycles. The monoisotopic (exact) mass is 362 g/mol. The van der Waals surface area contributed by atoms with Crippen molar-refractivity contribution in [2.24, 2.45) is 0 Å². The molecule has 0 aromatic heterocycles. The van der Waals surface area contributed by atoms with E-state index in [2.05, 4.69) is 10.0 Å². The van der Waals surface area contributed by atoms with Crippen LogP contribution in [0, 0.1) is 0 Å². The smallest absolute Gasteiger partial charge is 0.232 e. The van der Waals surface area contributed by atoms with Crippen LogP contribution in [0.25, 0.3) is 0 Å². The average molecular weight is 362 g/mol. The van der Waals surface area contributed by atoms with Crippen LogP contribution in [0.5, 0.6) is 5.75 Å². The summed E-state index contributed by atoms with van der Waals surface area (Å²) in [4.78, 5) is 0. The predicted octanol–water partition coefficient (Wildman–Crippen LogP) is 4.76. The van der Waals surface area contributed by atoms with Gasteiger partial charge >= 0.3 is 0 Å². The van der Waals surface area contributed by atoms with Crippen LogP contribution in [-0.2, 0) is 10.0 Å². The summed E-state index contributed by atoms with van der Waals surface area (Å²) in [6, 6.07) is 14.9. The van der Waals surface area contributed by atoms with Crippen molar-refractivity contribution in [1.82, 2.24) is 0 Å². The summed E-state index contributed by atoms with van der Waals surface area (Å²) in [7, 11) is -3.27. The van der Waals surface area contributed by atoms with Gasteiger partial charge in [0.05, 0.1) is 11.9 Å². The molecule has 2 N–H and O–H groups in total. The van der Waals surface area contributed by atoms with Crippen LogP contribution in [0.15, 0.2) is 48.5 Å².